The Morgan fingerprint density at radius 1 is 1.42 bits per heavy atom. The topological polar surface area (TPSA) is 84.4 Å². The van der Waals surface area contributed by atoms with Crippen LogP contribution in [0.2, 0.25) is 0 Å². The average Bonchev–Trinajstić information content (AvgIpc) is 2.49. The number of hydrogen-bond donors (Lipinski definition) is 2. The van der Waals surface area contributed by atoms with Crippen LogP contribution in [0.5, 0.6) is 0 Å². The zero-order valence-electron chi connectivity index (χ0n) is 11.8. The van der Waals surface area contributed by atoms with Gasteiger partial charge in [0, 0.05) is 20.1 Å². The molecule has 1 atom stereocenters. The summed E-state index contributed by atoms with van der Waals surface area (Å²) in [7, 11) is 1.73. The van der Waals surface area contributed by atoms with Crippen molar-refractivity contribution < 1.29 is 9.90 Å². The molecular formula is C13H22N4O2. The van der Waals surface area contributed by atoms with Crippen LogP contribution in [-0.4, -0.2) is 44.4 Å². The van der Waals surface area contributed by atoms with Crippen LogP contribution < -0.4 is 5.73 Å². The van der Waals surface area contributed by atoms with Crippen molar-refractivity contribution in [3.05, 3.63) is 11.4 Å². The quantitative estimate of drug-likeness (QED) is 0.783. The third-order valence-corrected chi connectivity index (χ3v) is 3.82. The molecule has 19 heavy (non-hydrogen) atoms. The number of rotatable bonds is 1. The number of hydrogen-bond acceptors (Lipinski definition) is 4. The number of amides is 1. The van der Waals surface area contributed by atoms with Gasteiger partial charge in [0.25, 0.3) is 5.91 Å². The van der Waals surface area contributed by atoms with E-state index in [0.717, 1.165) is 12.8 Å². The van der Waals surface area contributed by atoms with Gasteiger partial charge in [-0.1, -0.05) is 0 Å². The Labute approximate surface area is 113 Å². The Morgan fingerprint density at radius 3 is 2.68 bits per heavy atom. The molecule has 0 aliphatic carbocycles. The average molecular weight is 266 g/mol. The molecule has 106 valence electrons. The molecule has 1 aromatic heterocycles. The summed E-state index contributed by atoms with van der Waals surface area (Å²) in [6.45, 7) is 4.82. The first-order valence-corrected chi connectivity index (χ1v) is 6.62. The lowest BCUT2D eigenvalue weighted by Gasteiger charge is -2.22. The van der Waals surface area contributed by atoms with Crippen LogP contribution in [0.15, 0.2) is 0 Å². The van der Waals surface area contributed by atoms with Gasteiger partial charge < -0.3 is 15.7 Å². The van der Waals surface area contributed by atoms with Crippen LogP contribution in [0.25, 0.3) is 0 Å². The molecule has 3 N–H and O–H groups in total. The van der Waals surface area contributed by atoms with E-state index in [0.29, 0.717) is 36.6 Å². The van der Waals surface area contributed by atoms with Gasteiger partial charge in [-0.25, -0.2) is 0 Å². The van der Waals surface area contributed by atoms with E-state index in [9.17, 15) is 9.90 Å². The van der Waals surface area contributed by atoms with Gasteiger partial charge in [-0.05, 0) is 33.1 Å². The van der Waals surface area contributed by atoms with E-state index < -0.39 is 5.60 Å². The molecule has 6 heteroatoms. The molecule has 1 saturated heterocycles. The zero-order valence-corrected chi connectivity index (χ0v) is 11.8. The normalized spacial score (nSPS) is 24.3. The molecule has 1 aromatic rings. The molecular weight excluding hydrogens is 244 g/mol. The predicted octanol–water partition coefficient (Wildman–Crippen LogP) is 0.688. The van der Waals surface area contributed by atoms with Crippen molar-refractivity contribution in [2.75, 3.05) is 18.8 Å². The summed E-state index contributed by atoms with van der Waals surface area (Å²) in [6, 6.07) is 0. The number of aryl methyl sites for hydroxylation is 2. The molecule has 0 radical (unpaired) electrons. The Hall–Kier alpha value is -1.56. The molecule has 1 amide bonds. The maximum absolute atomic E-state index is 12.5. The largest absolute Gasteiger partial charge is 0.395 e. The van der Waals surface area contributed by atoms with Crippen molar-refractivity contribution in [3.8, 4) is 0 Å². The zero-order chi connectivity index (χ0) is 14.2. The summed E-state index contributed by atoms with van der Waals surface area (Å²) in [5, 5.41) is 14.2. The summed E-state index contributed by atoms with van der Waals surface area (Å²) >= 11 is 0. The van der Waals surface area contributed by atoms with E-state index >= 15 is 0 Å². The van der Waals surface area contributed by atoms with Gasteiger partial charge in [0.05, 0.1) is 17.0 Å². The van der Waals surface area contributed by atoms with Gasteiger partial charge in [-0.3, -0.25) is 9.48 Å². The first-order chi connectivity index (χ1) is 8.82. The number of nitrogens with two attached hydrogens (primary N) is 1. The third kappa shape index (κ3) is 2.73. The Kier molecular flexibility index (Phi) is 3.54. The molecule has 2 rings (SSSR count). The second kappa shape index (κ2) is 4.85. The number of nitrogen functional groups attached to an aromatic ring is 1. The highest BCUT2D eigenvalue weighted by molar-refractivity contribution is 5.98. The van der Waals surface area contributed by atoms with Gasteiger partial charge in [0.2, 0.25) is 0 Å². The summed E-state index contributed by atoms with van der Waals surface area (Å²) < 4.78 is 1.54. The fourth-order valence-electron chi connectivity index (χ4n) is 2.54. The maximum atomic E-state index is 12.5. The molecule has 0 bridgehead atoms. The fourth-order valence-corrected chi connectivity index (χ4v) is 2.54. The lowest BCUT2D eigenvalue weighted by Crippen LogP contribution is -2.35. The van der Waals surface area contributed by atoms with Crippen molar-refractivity contribution in [2.45, 2.75) is 38.7 Å². The number of aromatic nitrogens is 2. The SMILES string of the molecule is Cc1nn(C)c(C(=O)N2CCCC(C)(O)CC2)c1N. The van der Waals surface area contributed by atoms with Crippen molar-refractivity contribution in [3.63, 3.8) is 0 Å². The number of nitrogens with zero attached hydrogens (tertiary/aromatic N) is 3. The molecule has 0 aromatic carbocycles. The number of aliphatic hydroxyl groups is 1. The van der Waals surface area contributed by atoms with Crippen LogP contribution in [0.4, 0.5) is 5.69 Å². The minimum Gasteiger partial charge on any atom is -0.395 e. The van der Waals surface area contributed by atoms with Crippen molar-refractivity contribution in [1.29, 1.82) is 0 Å². The Morgan fingerprint density at radius 2 is 2.11 bits per heavy atom. The second-order valence-electron chi connectivity index (χ2n) is 5.61. The lowest BCUT2D eigenvalue weighted by atomic mass is 9.98. The van der Waals surface area contributed by atoms with E-state index in [1.165, 1.54) is 4.68 Å². The van der Waals surface area contributed by atoms with E-state index in [-0.39, 0.29) is 5.91 Å². The van der Waals surface area contributed by atoms with Gasteiger partial charge >= 0.3 is 0 Å². The first kappa shape index (κ1) is 13.9. The number of likely N-dealkylation sites (tertiary alicyclic amines) is 1. The van der Waals surface area contributed by atoms with E-state index in [1.54, 1.807) is 18.9 Å². The molecule has 0 saturated carbocycles. The summed E-state index contributed by atoms with van der Waals surface area (Å²) in [5.41, 5.74) is 6.81. The smallest absolute Gasteiger partial charge is 0.274 e. The standard InChI is InChI=1S/C13H22N4O2/c1-9-10(14)11(16(3)15-9)12(18)17-7-4-5-13(2,19)6-8-17/h19H,4-8,14H2,1-3H3. The van der Waals surface area contributed by atoms with Crippen molar-refractivity contribution in [1.82, 2.24) is 14.7 Å². The van der Waals surface area contributed by atoms with Crippen LogP contribution in [-0.2, 0) is 7.05 Å². The molecule has 1 fully saturated rings. The summed E-state index contributed by atoms with van der Waals surface area (Å²) in [6.07, 6.45) is 2.11. The van der Waals surface area contributed by atoms with E-state index in [4.69, 9.17) is 5.73 Å². The highest BCUT2D eigenvalue weighted by atomic mass is 16.3. The minimum atomic E-state index is -0.678. The van der Waals surface area contributed by atoms with Gasteiger partial charge in [-0.2, -0.15) is 5.10 Å². The van der Waals surface area contributed by atoms with E-state index in [1.807, 2.05) is 6.92 Å². The highest BCUT2D eigenvalue weighted by Gasteiger charge is 2.29. The van der Waals surface area contributed by atoms with Crippen LogP contribution in [0.1, 0.15) is 42.4 Å². The Balaban J connectivity index is 2.20. The number of carbonyl (C=O) groups is 1. The second-order valence-corrected chi connectivity index (χ2v) is 5.61. The maximum Gasteiger partial charge on any atom is 0.274 e. The monoisotopic (exact) mass is 266 g/mol. The minimum absolute atomic E-state index is 0.0988. The fraction of sp³-hybridized carbons (Fsp3) is 0.692. The summed E-state index contributed by atoms with van der Waals surface area (Å²) in [5.74, 6) is -0.0988. The third-order valence-electron chi connectivity index (χ3n) is 3.82. The number of carbonyl (C=O) groups excluding carboxylic acids is 1. The molecule has 1 aliphatic rings. The molecule has 2 heterocycles. The highest BCUT2D eigenvalue weighted by Crippen LogP contribution is 2.24. The molecule has 1 unspecified atom stereocenters. The van der Waals surface area contributed by atoms with Gasteiger partial charge in [0.1, 0.15) is 5.69 Å². The molecule has 0 spiro atoms. The van der Waals surface area contributed by atoms with Crippen LogP contribution in [0.3, 0.4) is 0 Å². The van der Waals surface area contributed by atoms with Gasteiger partial charge in [0.15, 0.2) is 0 Å². The molecule has 6 nitrogen and oxygen atoms in total. The predicted molar refractivity (Wildman–Crippen MR) is 72.7 cm³/mol. The van der Waals surface area contributed by atoms with Gasteiger partial charge in [-0.15, -0.1) is 0 Å². The van der Waals surface area contributed by atoms with Crippen LogP contribution >= 0.6 is 0 Å². The molecule has 1 aliphatic heterocycles. The Bertz CT molecular complexity index is 493. The number of anilines is 1. The summed E-state index contributed by atoms with van der Waals surface area (Å²) in [4.78, 5) is 14.3. The van der Waals surface area contributed by atoms with E-state index in [2.05, 4.69) is 5.10 Å². The lowest BCUT2D eigenvalue weighted by molar-refractivity contribution is 0.0437. The van der Waals surface area contributed by atoms with Crippen LogP contribution in [0, 0.1) is 6.92 Å². The van der Waals surface area contributed by atoms with Crippen molar-refractivity contribution in [2.24, 2.45) is 7.05 Å². The van der Waals surface area contributed by atoms with Crippen molar-refractivity contribution >= 4 is 11.6 Å². The first-order valence-electron chi connectivity index (χ1n) is 6.62.